The second-order valence-electron chi connectivity index (χ2n) is 4.71. The van der Waals surface area contributed by atoms with Gasteiger partial charge in [-0.25, -0.2) is 0 Å². The third-order valence-corrected chi connectivity index (χ3v) is 3.54. The van der Waals surface area contributed by atoms with Gasteiger partial charge in [0.25, 0.3) is 0 Å². The highest BCUT2D eigenvalue weighted by Crippen LogP contribution is 2.21. The molecule has 0 saturated carbocycles. The van der Waals surface area contributed by atoms with Crippen LogP contribution in [0.25, 0.3) is 0 Å². The Morgan fingerprint density at radius 1 is 1.59 bits per heavy atom. The molecule has 0 bridgehead atoms. The fraction of sp³-hybridized carbons (Fsp3) is 0.538. The molecule has 0 spiro atoms. The zero-order valence-corrected chi connectivity index (χ0v) is 10.4. The molecule has 0 fully saturated rings. The van der Waals surface area contributed by atoms with Gasteiger partial charge in [0.05, 0.1) is 18.3 Å². The molecule has 1 aliphatic heterocycles. The number of carbonyl (C=O) groups excluding carboxylic acids is 1. The number of hydrogen-bond donors (Lipinski definition) is 1. The van der Waals surface area contributed by atoms with Crippen molar-refractivity contribution in [2.75, 3.05) is 0 Å². The standard InChI is InChI=1S/C13H19N3O/c1-3-9(2)12(14)13(17)16-7-10-5-4-6-15-11(10)8-16/h4-6,9,12H,3,7-8,14H2,1-2H3/t9-,12-/m0/s1. The molecule has 0 saturated heterocycles. The molecular weight excluding hydrogens is 214 g/mol. The van der Waals surface area contributed by atoms with Crippen molar-refractivity contribution in [3.8, 4) is 0 Å². The Kier molecular flexibility index (Phi) is 3.43. The SMILES string of the molecule is CC[C@H](C)[C@H](N)C(=O)N1Cc2cccnc2C1. The molecule has 1 aliphatic rings. The molecule has 0 radical (unpaired) electrons. The van der Waals surface area contributed by atoms with Gasteiger partial charge in [-0.1, -0.05) is 26.3 Å². The van der Waals surface area contributed by atoms with E-state index in [-0.39, 0.29) is 11.8 Å². The highest BCUT2D eigenvalue weighted by molar-refractivity contribution is 5.82. The number of fused-ring (bicyclic) bond motifs is 1. The van der Waals surface area contributed by atoms with E-state index in [2.05, 4.69) is 11.9 Å². The predicted octanol–water partition coefficient (Wildman–Crippen LogP) is 1.30. The first-order chi connectivity index (χ1) is 8.13. The van der Waals surface area contributed by atoms with Gasteiger partial charge in [0.15, 0.2) is 0 Å². The van der Waals surface area contributed by atoms with Crippen LogP contribution >= 0.6 is 0 Å². The molecule has 4 nitrogen and oxygen atoms in total. The quantitative estimate of drug-likeness (QED) is 0.856. The number of carbonyl (C=O) groups is 1. The summed E-state index contributed by atoms with van der Waals surface area (Å²) in [5, 5.41) is 0. The first kappa shape index (κ1) is 12.0. The number of amides is 1. The molecule has 0 aromatic carbocycles. The number of aromatic nitrogens is 1. The summed E-state index contributed by atoms with van der Waals surface area (Å²) < 4.78 is 0. The molecule has 2 heterocycles. The van der Waals surface area contributed by atoms with Crippen LogP contribution in [0.2, 0.25) is 0 Å². The Morgan fingerprint density at radius 3 is 3.00 bits per heavy atom. The number of hydrogen-bond acceptors (Lipinski definition) is 3. The molecule has 1 aromatic rings. The smallest absolute Gasteiger partial charge is 0.240 e. The minimum absolute atomic E-state index is 0.0392. The average molecular weight is 233 g/mol. The highest BCUT2D eigenvalue weighted by atomic mass is 16.2. The Hall–Kier alpha value is -1.42. The van der Waals surface area contributed by atoms with E-state index in [1.54, 1.807) is 11.1 Å². The van der Waals surface area contributed by atoms with Crippen LogP contribution in [-0.2, 0) is 17.9 Å². The predicted molar refractivity (Wildman–Crippen MR) is 65.9 cm³/mol. The third kappa shape index (κ3) is 2.31. The number of nitrogens with two attached hydrogens (primary N) is 1. The number of nitrogens with zero attached hydrogens (tertiary/aromatic N) is 2. The van der Waals surface area contributed by atoms with Gasteiger partial charge in [-0.05, 0) is 17.5 Å². The van der Waals surface area contributed by atoms with Gasteiger partial charge in [0.2, 0.25) is 5.91 Å². The van der Waals surface area contributed by atoms with Gasteiger partial charge >= 0.3 is 0 Å². The van der Waals surface area contributed by atoms with Crippen molar-refractivity contribution < 1.29 is 4.79 Å². The van der Waals surface area contributed by atoms with Crippen molar-refractivity contribution in [3.63, 3.8) is 0 Å². The molecular formula is C13H19N3O. The van der Waals surface area contributed by atoms with Crippen molar-refractivity contribution in [3.05, 3.63) is 29.6 Å². The van der Waals surface area contributed by atoms with Gasteiger partial charge in [-0.15, -0.1) is 0 Å². The number of pyridine rings is 1. The molecule has 1 amide bonds. The van der Waals surface area contributed by atoms with Crippen LogP contribution in [0.15, 0.2) is 18.3 Å². The Balaban J connectivity index is 2.05. The summed E-state index contributed by atoms with van der Waals surface area (Å²) in [6.45, 7) is 5.31. The molecule has 2 atom stereocenters. The van der Waals surface area contributed by atoms with E-state index in [4.69, 9.17) is 5.73 Å². The van der Waals surface area contributed by atoms with Gasteiger partial charge in [-0.3, -0.25) is 9.78 Å². The molecule has 2 N–H and O–H groups in total. The Bertz CT molecular complexity index is 394. The maximum Gasteiger partial charge on any atom is 0.240 e. The minimum Gasteiger partial charge on any atom is -0.331 e. The summed E-state index contributed by atoms with van der Waals surface area (Å²) in [6.07, 6.45) is 2.69. The molecule has 4 heteroatoms. The summed E-state index contributed by atoms with van der Waals surface area (Å²) in [4.78, 5) is 18.3. The minimum atomic E-state index is -0.394. The first-order valence-corrected chi connectivity index (χ1v) is 6.10. The second kappa shape index (κ2) is 4.84. The molecule has 2 rings (SSSR count). The van der Waals surface area contributed by atoms with E-state index in [0.29, 0.717) is 13.1 Å². The molecule has 1 aromatic heterocycles. The van der Waals surface area contributed by atoms with Crippen LogP contribution in [0.4, 0.5) is 0 Å². The summed E-state index contributed by atoms with van der Waals surface area (Å²) in [6, 6.07) is 3.53. The monoisotopic (exact) mass is 233 g/mol. The summed E-state index contributed by atoms with van der Waals surface area (Å²) >= 11 is 0. The topological polar surface area (TPSA) is 59.2 Å². The van der Waals surface area contributed by atoms with Gasteiger partial charge in [0, 0.05) is 12.7 Å². The van der Waals surface area contributed by atoms with E-state index >= 15 is 0 Å². The largest absolute Gasteiger partial charge is 0.331 e. The maximum absolute atomic E-state index is 12.2. The lowest BCUT2D eigenvalue weighted by atomic mass is 9.99. The van der Waals surface area contributed by atoms with Crippen LogP contribution in [0, 0.1) is 5.92 Å². The van der Waals surface area contributed by atoms with Crippen LogP contribution in [0.5, 0.6) is 0 Å². The van der Waals surface area contributed by atoms with Crippen molar-refractivity contribution in [1.29, 1.82) is 0 Å². The summed E-state index contributed by atoms with van der Waals surface area (Å²) in [7, 11) is 0. The van der Waals surface area contributed by atoms with Gasteiger partial charge in [0.1, 0.15) is 0 Å². The van der Waals surface area contributed by atoms with E-state index in [1.165, 1.54) is 0 Å². The fourth-order valence-electron chi connectivity index (χ4n) is 2.06. The normalized spacial score (nSPS) is 17.7. The summed E-state index contributed by atoms with van der Waals surface area (Å²) in [5.41, 5.74) is 8.11. The Labute approximate surface area is 102 Å². The maximum atomic E-state index is 12.2. The van der Waals surface area contributed by atoms with Gasteiger partial charge < -0.3 is 10.6 Å². The zero-order chi connectivity index (χ0) is 12.4. The second-order valence-corrected chi connectivity index (χ2v) is 4.71. The van der Waals surface area contributed by atoms with Crippen LogP contribution < -0.4 is 5.73 Å². The average Bonchev–Trinajstić information content (AvgIpc) is 2.79. The van der Waals surface area contributed by atoms with Gasteiger partial charge in [-0.2, -0.15) is 0 Å². The lowest BCUT2D eigenvalue weighted by Crippen LogP contribution is -2.45. The van der Waals surface area contributed by atoms with E-state index in [0.717, 1.165) is 17.7 Å². The molecule has 92 valence electrons. The van der Waals surface area contributed by atoms with Crippen molar-refractivity contribution in [2.45, 2.75) is 39.4 Å². The third-order valence-electron chi connectivity index (χ3n) is 3.54. The van der Waals surface area contributed by atoms with Crippen LogP contribution in [-0.4, -0.2) is 21.8 Å². The lowest BCUT2D eigenvalue weighted by Gasteiger charge is -2.23. The first-order valence-electron chi connectivity index (χ1n) is 6.10. The van der Waals surface area contributed by atoms with Crippen molar-refractivity contribution in [1.82, 2.24) is 9.88 Å². The fourth-order valence-corrected chi connectivity index (χ4v) is 2.06. The van der Waals surface area contributed by atoms with E-state index < -0.39 is 6.04 Å². The lowest BCUT2D eigenvalue weighted by molar-refractivity contribution is -0.134. The van der Waals surface area contributed by atoms with E-state index in [9.17, 15) is 4.79 Å². The zero-order valence-electron chi connectivity index (χ0n) is 10.4. The van der Waals surface area contributed by atoms with Crippen LogP contribution in [0.1, 0.15) is 31.5 Å². The molecule has 0 unspecified atom stereocenters. The molecule has 17 heavy (non-hydrogen) atoms. The van der Waals surface area contributed by atoms with Crippen LogP contribution in [0.3, 0.4) is 0 Å². The van der Waals surface area contributed by atoms with Crippen molar-refractivity contribution in [2.24, 2.45) is 11.7 Å². The number of rotatable bonds is 3. The Morgan fingerprint density at radius 2 is 2.35 bits per heavy atom. The molecule has 0 aliphatic carbocycles. The summed E-state index contributed by atoms with van der Waals surface area (Å²) in [5.74, 6) is 0.261. The van der Waals surface area contributed by atoms with E-state index in [1.807, 2.05) is 19.1 Å². The van der Waals surface area contributed by atoms with Crippen molar-refractivity contribution >= 4 is 5.91 Å². The highest BCUT2D eigenvalue weighted by Gasteiger charge is 2.29.